The molecule has 6 nitrogen and oxygen atoms in total. The Labute approximate surface area is 88.5 Å². The van der Waals surface area contributed by atoms with Crippen LogP contribution in [0.2, 0.25) is 5.02 Å². The van der Waals surface area contributed by atoms with Gasteiger partial charge in [-0.15, -0.1) is 0 Å². The van der Waals surface area contributed by atoms with E-state index in [0.29, 0.717) is 0 Å². The normalized spacial score (nSPS) is 9.33. The van der Waals surface area contributed by atoms with Gasteiger partial charge in [-0.1, -0.05) is 11.6 Å². The fraction of sp³-hybridized carbons (Fsp3) is 0. The van der Waals surface area contributed by atoms with Gasteiger partial charge in [0.15, 0.2) is 0 Å². The number of nitro benzene ring substituents is 1. The Hall–Kier alpha value is -2.13. The molecule has 1 aromatic rings. The quantitative estimate of drug-likeness (QED) is 0.612. The smallest absolute Gasteiger partial charge is 0.342 e. The van der Waals surface area contributed by atoms with E-state index in [1.807, 2.05) is 0 Å². The molecule has 0 saturated carbocycles. The van der Waals surface area contributed by atoms with E-state index in [-0.39, 0.29) is 10.6 Å². The molecule has 0 aliphatic rings. The third kappa shape index (κ3) is 2.03. The van der Waals surface area contributed by atoms with Crippen molar-refractivity contribution < 1.29 is 14.8 Å². The van der Waals surface area contributed by atoms with Gasteiger partial charge >= 0.3 is 5.97 Å². The summed E-state index contributed by atoms with van der Waals surface area (Å²) in [5.41, 5.74) is -1.30. The van der Waals surface area contributed by atoms with Gasteiger partial charge in [0.25, 0.3) is 5.69 Å². The molecule has 0 atom stereocenters. The zero-order valence-corrected chi connectivity index (χ0v) is 7.85. The molecule has 76 valence electrons. The van der Waals surface area contributed by atoms with Crippen molar-refractivity contribution in [2.45, 2.75) is 0 Å². The average Bonchev–Trinajstić information content (AvgIpc) is 2.16. The van der Waals surface area contributed by atoms with E-state index in [2.05, 4.69) is 0 Å². The van der Waals surface area contributed by atoms with Crippen molar-refractivity contribution in [3.05, 3.63) is 38.4 Å². The molecule has 0 amide bonds. The molecule has 0 aliphatic carbocycles. The Bertz CT molecular complexity index is 492. The van der Waals surface area contributed by atoms with E-state index < -0.39 is 22.1 Å². The summed E-state index contributed by atoms with van der Waals surface area (Å²) in [7, 11) is 0. The standard InChI is InChI=1S/C8H3ClN2O4/c9-6-2-7(11(14)15)5(8(12)13)1-4(6)3-10/h1-2H,(H,12,13). The minimum absolute atomic E-state index is 0.111. The summed E-state index contributed by atoms with van der Waals surface area (Å²) in [5, 5.41) is 27.6. The summed E-state index contributed by atoms with van der Waals surface area (Å²) in [6.07, 6.45) is 0. The van der Waals surface area contributed by atoms with Crippen LogP contribution in [0.5, 0.6) is 0 Å². The first kappa shape index (κ1) is 10.9. The molecule has 7 heteroatoms. The molecule has 0 bridgehead atoms. The van der Waals surface area contributed by atoms with Crippen molar-refractivity contribution >= 4 is 23.3 Å². The van der Waals surface area contributed by atoms with Gasteiger partial charge in [0.05, 0.1) is 15.5 Å². The molecule has 0 aliphatic heterocycles. The van der Waals surface area contributed by atoms with Crippen LogP contribution in [0, 0.1) is 21.4 Å². The number of hydrogen-bond acceptors (Lipinski definition) is 4. The lowest BCUT2D eigenvalue weighted by molar-refractivity contribution is -0.385. The number of halogens is 1. The van der Waals surface area contributed by atoms with E-state index in [0.717, 1.165) is 12.1 Å². The number of benzene rings is 1. The second-order valence-corrected chi connectivity index (χ2v) is 2.93. The van der Waals surface area contributed by atoms with Crippen molar-refractivity contribution in [1.29, 1.82) is 5.26 Å². The number of carboxylic acids is 1. The highest BCUT2D eigenvalue weighted by molar-refractivity contribution is 6.32. The van der Waals surface area contributed by atoms with Crippen LogP contribution >= 0.6 is 11.6 Å². The highest BCUT2D eigenvalue weighted by Gasteiger charge is 2.22. The van der Waals surface area contributed by atoms with Crippen molar-refractivity contribution in [1.82, 2.24) is 0 Å². The molecule has 0 saturated heterocycles. The summed E-state index contributed by atoms with van der Waals surface area (Å²) >= 11 is 5.53. The Kier molecular flexibility index (Phi) is 2.87. The largest absolute Gasteiger partial charge is 0.477 e. The number of carbonyl (C=O) groups is 1. The molecule has 1 rings (SSSR count). The number of nitrogens with zero attached hydrogens (tertiary/aromatic N) is 2. The molecule has 0 aromatic heterocycles. The number of nitriles is 1. The predicted octanol–water partition coefficient (Wildman–Crippen LogP) is 1.82. The molecule has 0 heterocycles. The van der Waals surface area contributed by atoms with E-state index in [9.17, 15) is 14.9 Å². The molecule has 15 heavy (non-hydrogen) atoms. The molecule has 0 radical (unpaired) electrons. The first-order chi connectivity index (χ1) is 6.97. The van der Waals surface area contributed by atoms with Crippen LogP contribution in [0.25, 0.3) is 0 Å². The van der Waals surface area contributed by atoms with E-state index in [4.69, 9.17) is 22.0 Å². The van der Waals surface area contributed by atoms with Crippen LogP contribution in [0.1, 0.15) is 15.9 Å². The second kappa shape index (κ2) is 3.94. The molecule has 0 spiro atoms. The third-order valence-electron chi connectivity index (χ3n) is 1.63. The Morgan fingerprint density at radius 3 is 2.60 bits per heavy atom. The Morgan fingerprint density at radius 1 is 1.60 bits per heavy atom. The summed E-state index contributed by atoms with van der Waals surface area (Å²) in [6, 6.07) is 3.37. The van der Waals surface area contributed by atoms with Crippen molar-refractivity contribution in [2.75, 3.05) is 0 Å². The molecular formula is C8H3ClN2O4. The maximum Gasteiger partial charge on any atom is 0.342 e. The summed E-state index contributed by atoms with van der Waals surface area (Å²) in [6.45, 7) is 0. The first-order valence-electron chi connectivity index (χ1n) is 3.58. The van der Waals surface area contributed by atoms with Gasteiger partial charge in [-0.25, -0.2) is 4.79 Å². The molecule has 0 fully saturated rings. The van der Waals surface area contributed by atoms with Gasteiger partial charge in [0, 0.05) is 6.07 Å². The van der Waals surface area contributed by atoms with Crippen LogP contribution in [0.4, 0.5) is 5.69 Å². The summed E-state index contributed by atoms with van der Waals surface area (Å²) in [4.78, 5) is 20.3. The van der Waals surface area contributed by atoms with Crippen molar-refractivity contribution in [3.63, 3.8) is 0 Å². The number of hydrogen-bond donors (Lipinski definition) is 1. The zero-order chi connectivity index (χ0) is 11.6. The van der Waals surface area contributed by atoms with Crippen LogP contribution < -0.4 is 0 Å². The highest BCUT2D eigenvalue weighted by Crippen LogP contribution is 2.26. The first-order valence-corrected chi connectivity index (χ1v) is 3.96. The van der Waals surface area contributed by atoms with Crippen LogP contribution in [0.15, 0.2) is 12.1 Å². The van der Waals surface area contributed by atoms with Crippen LogP contribution in [0.3, 0.4) is 0 Å². The van der Waals surface area contributed by atoms with E-state index in [1.54, 1.807) is 6.07 Å². The summed E-state index contributed by atoms with van der Waals surface area (Å²) in [5.74, 6) is -1.48. The van der Waals surface area contributed by atoms with Gasteiger partial charge in [-0.05, 0) is 6.07 Å². The third-order valence-corrected chi connectivity index (χ3v) is 1.95. The minimum Gasteiger partial charge on any atom is -0.477 e. The average molecular weight is 227 g/mol. The van der Waals surface area contributed by atoms with Crippen LogP contribution in [-0.2, 0) is 0 Å². The SMILES string of the molecule is N#Cc1cc(C(=O)O)c([N+](=O)[O-])cc1Cl. The monoisotopic (exact) mass is 226 g/mol. The van der Waals surface area contributed by atoms with Gasteiger partial charge < -0.3 is 5.11 Å². The van der Waals surface area contributed by atoms with Gasteiger partial charge in [-0.3, -0.25) is 10.1 Å². The summed E-state index contributed by atoms with van der Waals surface area (Å²) < 4.78 is 0. The Morgan fingerprint density at radius 2 is 2.20 bits per heavy atom. The molecule has 1 N–H and O–H groups in total. The lowest BCUT2D eigenvalue weighted by Crippen LogP contribution is -2.03. The minimum atomic E-state index is -1.48. The number of aromatic carboxylic acids is 1. The van der Waals surface area contributed by atoms with E-state index >= 15 is 0 Å². The highest BCUT2D eigenvalue weighted by atomic mass is 35.5. The number of nitro groups is 1. The van der Waals surface area contributed by atoms with Gasteiger partial charge in [0.1, 0.15) is 11.6 Å². The van der Waals surface area contributed by atoms with Crippen LogP contribution in [-0.4, -0.2) is 16.0 Å². The molecule has 0 unspecified atom stereocenters. The fourth-order valence-corrected chi connectivity index (χ4v) is 1.17. The lowest BCUT2D eigenvalue weighted by atomic mass is 10.1. The van der Waals surface area contributed by atoms with Crippen molar-refractivity contribution in [3.8, 4) is 6.07 Å². The lowest BCUT2D eigenvalue weighted by Gasteiger charge is -1.99. The maximum absolute atomic E-state index is 10.6. The molecule has 1 aromatic carbocycles. The maximum atomic E-state index is 10.6. The van der Waals surface area contributed by atoms with E-state index in [1.165, 1.54) is 0 Å². The second-order valence-electron chi connectivity index (χ2n) is 2.52. The topological polar surface area (TPSA) is 104 Å². The van der Waals surface area contributed by atoms with Crippen molar-refractivity contribution in [2.24, 2.45) is 0 Å². The van der Waals surface area contributed by atoms with Gasteiger partial charge in [0.2, 0.25) is 0 Å². The zero-order valence-electron chi connectivity index (χ0n) is 7.10. The number of carboxylic acid groups (broad SMARTS) is 1. The Balaban J connectivity index is 3.54. The van der Waals surface area contributed by atoms with Gasteiger partial charge in [-0.2, -0.15) is 5.26 Å². The fourth-order valence-electron chi connectivity index (χ4n) is 0.971. The number of rotatable bonds is 2. The predicted molar refractivity (Wildman–Crippen MR) is 49.8 cm³/mol. The molecular weight excluding hydrogens is 224 g/mol.